The number of hydrogen-bond acceptors (Lipinski definition) is 5. The lowest BCUT2D eigenvalue weighted by Crippen LogP contribution is -2.36. The predicted molar refractivity (Wildman–Crippen MR) is 92.1 cm³/mol. The smallest absolute Gasteiger partial charge is 0.315 e. The van der Waals surface area contributed by atoms with Crippen molar-refractivity contribution in [2.24, 2.45) is 0 Å². The van der Waals surface area contributed by atoms with Crippen LogP contribution in [0.3, 0.4) is 0 Å². The van der Waals surface area contributed by atoms with Crippen LogP contribution >= 0.6 is 0 Å². The van der Waals surface area contributed by atoms with E-state index in [1.54, 1.807) is 12.2 Å². The number of rotatable bonds is 10. The Morgan fingerprint density at radius 1 is 1.21 bits per heavy atom. The van der Waals surface area contributed by atoms with Crippen molar-refractivity contribution < 1.29 is 13.2 Å². The summed E-state index contributed by atoms with van der Waals surface area (Å²) in [6.07, 6.45) is 5.63. The van der Waals surface area contributed by atoms with Crippen LogP contribution in [0.2, 0.25) is 0 Å². The Hall–Kier alpha value is -2.00. The van der Waals surface area contributed by atoms with Crippen molar-refractivity contribution >= 4 is 16.1 Å². The lowest BCUT2D eigenvalue weighted by atomic mass is 10.4. The van der Waals surface area contributed by atoms with E-state index in [1.165, 1.54) is 9.21 Å². The van der Waals surface area contributed by atoms with Gasteiger partial charge in [0, 0.05) is 26.2 Å². The number of hydrogen-bond donors (Lipinski definition) is 0. The second kappa shape index (κ2) is 9.33. The van der Waals surface area contributed by atoms with Gasteiger partial charge in [0.2, 0.25) is 0 Å². The highest BCUT2D eigenvalue weighted by Gasteiger charge is 2.28. The topological polar surface area (TPSA) is 88.4 Å². The molecule has 0 fully saturated rings. The number of carbonyl (C=O) groups is 1. The normalized spacial score (nSPS) is 11.5. The lowest BCUT2D eigenvalue weighted by Gasteiger charge is -2.19. The summed E-state index contributed by atoms with van der Waals surface area (Å²) < 4.78 is 27.5. The molecule has 134 valence electrons. The molecular weight excluding hydrogens is 330 g/mol. The zero-order valence-corrected chi connectivity index (χ0v) is 15.1. The first-order valence-corrected chi connectivity index (χ1v) is 9.29. The highest BCUT2D eigenvalue weighted by atomic mass is 32.2. The molecule has 0 bridgehead atoms. The Bertz CT molecular complexity index is 652. The van der Waals surface area contributed by atoms with Gasteiger partial charge >= 0.3 is 6.03 Å². The van der Waals surface area contributed by atoms with Crippen molar-refractivity contribution in [3.63, 3.8) is 0 Å². The fourth-order valence-electron chi connectivity index (χ4n) is 2.11. The van der Waals surface area contributed by atoms with Crippen molar-refractivity contribution in [3.8, 4) is 0 Å². The van der Waals surface area contributed by atoms with Crippen molar-refractivity contribution in [2.45, 2.75) is 31.8 Å². The van der Waals surface area contributed by atoms with Gasteiger partial charge in [-0.05, 0) is 12.8 Å². The minimum absolute atomic E-state index is 0.296. The van der Waals surface area contributed by atoms with E-state index in [1.807, 2.05) is 13.8 Å². The molecule has 1 aromatic heterocycles. The van der Waals surface area contributed by atoms with E-state index >= 15 is 0 Å². The molecule has 0 radical (unpaired) electrons. The van der Waals surface area contributed by atoms with Gasteiger partial charge in [0.15, 0.2) is 0 Å². The minimum Gasteiger partial charge on any atom is -0.315 e. The van der Waals surface area contributed by atoms with Crippen LogP contribution in [0, 0.1) is 0 Å². The van der Waals surface area contributed by atoms with Gasteiger partial charge in [0.25, 0.3) is 15.2 Å². The van der Waals surface area contributed by atoms with Gasteiger partial charge < -0.3 is 4.90 Å². The quantitative estimate of drug-likeness (QED) is 0.596. The molecule has 24 heavy (non-hydrogen) atoms. The van der Waals surface area contributed by atoms with Crippen LogP contribution in [0.1, 0.15) is 26.7 Å². The van der Waals surface area contributed by atoms with Crippen molar-refractivity contribution in [3.05, 3.63) is 31.6 Å². The molecule has 0 aliphatic carbocycles. The van der Waals surface area contributed by atoms with E-state index in [0.717, 1.165) is 11.0 Å². The third-order valence-electron chi connectivity index (χ3n) is 3.15. The highest BCUT2D eigenvalue weighted by molar-refractivity contribution is 7.88. The standard InChI is InChI=1S/C15H25N5O3S/c1-5-9-18(10-6-2)15(21)20-13-16-14(17-20)24(22,23)19(11-7-3)12-8-4/h5-6,13H,1-2,7-12H2,3-4H3. The second-order valence-corrected chi connectivity index (χ2v) is 6.97. The molecule has 0 N–H and O–H groups in total. The summed E-state index contributed by atoms with van der Waals surface area (Å²) in [5.41, 5.74) is 0. The van der Waals surface area contributed by atoms with E-state index in [-0.39, 0.29) is 5.16 Å². The van der Waals surface area contributed by atoms with E-state index in [2.05, 4.69) is 23.2 Å². The largest absolute Gasteiger partial charge is 0.346 e. The molecule has 0 unspecified atom stereocenters. The molecule has 1 rings (SSSR count). The molecule has 1 aromatic rings. The van der Waals surface area contributed by atoms with Crippen LogP contribution in [0.25, 0.3) is 0 Å². The van der Waals surface area contributed by atoms with Gasteiger partial charge in [-0.15, -0.1) is 18.3 Å². The van der Waals surface area contributed by atoms with E-state index in [4.69, 9.17) is 0 Å². The van der Waals surface area contributed by atoms with Gasteiger partial charge in [-0.1, -0.05) is 26.0 Å². The Kier molecular flexibility index (Phi) is 7.80. The molecule has 0 atom stereocenters. The molecular formula is C15H25N5O3S. The molecule has 0 aromatic carbocycles. The van der Waals surface area contributed by atoms with Gasteiger partial charge in [-0.2, -0.15) is 8.99 Å². The maximum atomic E-state index is 12.6. The van der Waals surface area contributed by atoms with Gasteiger partial charge in [-0.3, -0.25) is 0 Å². The molecule has 0 aliphatic rings. The summed E-state index contributed by atoms with van der Waals surface area (Å²) in [5.74, 6) is 0. The second-order valence-electron chi connectivity index (χ2n) is 5.14. The molecule has 0 aliphatic heterocycles. The highest BCUT2D eigenvalue weighted by Crippen LogP contribution is 2.12. The van der Waals surface area contributed by atoms with E-state index in [9.17, 15) is 13.2 Å². The Morgan fingerprint density at radius 3 is 2.21 bits per heavy atom. The summed E-state index contributed by atoms with van der Waals surface area (Å²) >= 11 is 0. The average molecular weight is 355 g/mol. The molecule has 9 heteroatoms. The van der Waals surface area contributed by atoms with Crippen LogP contribution in [-0.4, -0.2) is 64.6 Å². The monoisotopic (exact) mass is 355 g/mol. The number of carbonyl (C=O) groups excluding carboxylic acids is 1. The Balaban J connectivity index is 3.07. The minimum atomic E-state index is -3.81. The Labute approximate surface area is 143 Å². The Morgan fingerprint density at radius 2 is 1.75 bits per heavy atom. The first-order chi connectivity index (χ1) is 11.4. The molecule has 0 saturated heterocycles. The summed E-state index contributed by atoms with van der Waals surface area (Å²) in [4.78, 5) is 17.6. The molecule has 1 amide bonds. The van der Waals surface area contributed by atoms with Gasteiger partial charge in [0.05, 0.1) is 0 Å². The van der Waals surface area contributed by atoms with Gasteiger partial charge in [-0.25, -0.2) is 18.2 Å². The van der Waals surface area contributed by atoms with Crippen molar-refractivity contribution in [1.82, 2.24) is 24.0 Å². The van der Waals surface area contributed by atoms with Crippen LogP contribution in [0.4, 0.5) is 4.79 Å². The van der Waals surface area contributed by atoms with Crippen molar-refractivity contribution in [2.75, 3.05) is 26.2 Å². The lowest BCUT2D eigenvalue weighted by molar-refractivity contribution is 0.206. The maximum Gasteiger partial charge on any atom is 0.346 e. The number of amides is 1. The average Bonchev–Trinajstić information content (AvgIpc) is 3.04. The summed E-state index contributed by atoms with van der Waals surface area (Å²) in [5, 5.41) is 3.50. The van der Waals surface area contributed by atoms with Crippen LogP contribution in [0.5, 0.6) is 0 Å². The summed E-state index contributed by atoms with van der Waals surface area (Å²) in [6, 6.07) is -0.485. The SMILES string of the molecule is C=CCN(CC=C)C(=O)n1cnc(S(=O)(=O)N(CCC)CCC)n1. The third-order valence-corrected chi connectivity index (χ3v) is 4.85. The zero-order valence-electron chi connectivity index (χ0n) is 14.3. The van der Waals surface area contributed by atoms with Gasteiger partial charge in [0.1, 0.15) is 6.33 Å². The van der Waals surface area contributed by atoms with E-state index in [0.29, 0.717) is 39.0 Å². The fourth-order valence-corrected chi connectivity index (χ4v) is 3.56. The molecule has 8 nitrogen and oxygen atoms in total. The van der Waals surface area contributed by atoms with Crippen LogP contribution in [0.15, 0.2) is 36.8 Å². The zero-order chi connectivity index (χ0) is 18.2. The first-order valence-electron chi connectivity index (χ1n) is 7.85. The first kappa shape index (κ1) is 20.0. The number of aromatic nitrogens is 3. The molecule has 0 saturated carbocycles. The predicted octanol–water partition coefficient (Wildman–Crippen LogP) is 1.73. The number of nitrogens with zero attached hydrogens (tertiary/aromatic N) is 5. The van der Waals surface area contributed by atoms with Crippen molar-refractivity contribution in [1.29, 1.82) is 0 Å². The summed E-state index contributed by atoms with van der Waals surface area (Å²) in [7, 11) is -3.81. The van der Waals surface area contributed by atoms with Crippen LogP contribution in [-0.2, 0) is 10.0 Å². The molecule has 0 spiro atoms. The van der Waals surface area contributed by atoms with Crippen LogP contribution < -0.4 is 0 Å². The maximum absolute atomic E-state index is 12.6. The third kappa shape index (κ3) is 4.75. The fraction of sp³-hybridized carbons (Fsp3) is 0.533. The van der Waals surface area contributed by atoms with E-state index < -0.39 is 16.1 Å². The summed E-state index contributed by atoms with van der Waals surface area (Å²) in [6.45, 7) is 12.3. The molecule has 1 heterocycles. The number of sulfonamides is 1.